The van der Waals surface area contributed by atoms with E-state index in [-0.39, 0.29) is 0 Å². The van der Waals surface area contributed by atoms with Crippen LogP contribution in [0.3, 0.4) is 0 Å². The van der Waals surface area contributed by atoms with Gasteiger partial charge in [-0.2, -0.15) is 0 Å². The number of benzene rings is 1. The Labute approximate surface area is 106 Å². The van der Waals surface area contributed by atoms with Crippen molar-refractivity contribution in [1.29, 1.82) is 0 Å². The Balaban J connectivity index is 1.63. The number of halogens is 1. The van der Waals surface area contributed by atoms with E-state index in [1.54, 1.807) is 12.1 Å². The largest absolute Gasteiger partial charge is 0.490 e. The summed E-state index contributed by atoms with van der Waals surface area (Å²) < 4.78 is 5.85. The first-order valence-corrected chi connectivity index (χ1v) is 6.13. The molecule has 1 aliphatic carbocycles. The molecule has 1 spiro atoms. The molecule has 0 bridgehead atoms. The van der Waals surface area contributed by atoms with Crippen LogP contribution in [0.15, 0.2) is 18.2 Å². The lowest BCUT2D eigenvalue weighted by Crippen LogP contribution is -2.62. The van der Waals surface area contributed by atoms with Gasteiger partial charge in [-0.3, -0.25) is 0 Å². The van der Waals surface area contributed by atoms with Gasteiger partial charge in [-0.1, -0.05) is 17.7 Å². The zero-order valence-corrected chi connectivity index (χ0v) is 10.1. The van der Waals surface area contributed by atoms with Gasteiger partial charge in [-0.15, -0.1) is 0 Å². The second-order valence-electron chi connectivity index (χ2n) is 4.98. The van der Waals surface area contributed by atoms with Crippen LogP contribution in [0.1, 0.15) is 12.8 Å². The Morgan fingerprint density at radius 1 is 1.41 bits per heavy atom. The second-order valence-corrected chi connectivity index (χ2v) is 5.38. The van der Waals surface area contributed by atoms with Crippen LogP contribution in [0.5, 0.6) is 5.75 Å². The molecular weight excluding hydrogens is 236 g/mol. The number of nitrogens with one attached hydrogen (secondary N) is 1. The van der Waals surface area contributed by atoms with Gasteiger partial charge in [0.2, 0.25) is 5.69 Å². The van der Waals surface area contributed by atoms with Crippen molar-refractivity contribution in [1.82, 2.24) is 5.32 Å². The molecule has 2 fully saturated rings. The van der Waals surface area contributed by atoms with Crippen LogP contribution < -0.4 is 10.1 Å². The van der Waals surface area contributed by atoms with Crippen LogP contribution in [0.4, 0.5) is 5.69 Å². The molecule has 88 valence electrons. The van der Waals surface area contributed by atoms with Crippen molar-refractivity contribution < 1.29 is 4.74 Å². The number of rotatable bonds is 2. The van der Waals surface area contributed by atoms with Gasteiger partial charge in [0.1, 0.15) is 5.75 Å². The molecule has 1 aliphatic heterocycles. The minimum atomic E-state index is 0.312. The third kappa shape index (κ3) is 1.88. The number of ether oxygens (including phenoxy) is 1. The third-order valence-corrected chi connectivity index (χ3v) is 3.97. The second kappa shape index (κ2) is 3.90. The lowest BCUT2D eigenvalue weighted by molar-refractivity contribution is -0.0495. The van der Waals surface area contributed by atoms with E-state index in [1.807, 2.05) is 6.07 Å². The zero-order valence-electron chi connectivity index (χ0n) is 9.37. The van der Waals surface area contributed by atoms with Gasteiger partial charge in [-0.25, -0.2) is 4.85 Å². The van der Waals surface area contributed by atoms with Crippen molar-refractivity contribution in [3.05, 3.63) is 34.6 Å². The maximum Gasteiger partial charge on any atom is 0.205 e. The van der Waals surface area contributed by atoms with E-state index in [4.69, 9.17) is 22.9 Å². The summed E-state index contributed by atoms with van der Waals surface area (Å²) in [5, 5.41) is 3.77. The van der Waals surface area contributed by atoms with E-state index in [1.165, 1.54) is 0 Å². The molecule has 17 heavy (non-hydrogen) atoms. The van der Waals surface area contributed by atoms with Crippen molar-refractivity contribution >= 4 is 17.3 Å². The summed E-state index contributed by atoms with van der Waals surface area (Å²) in [5.41, 5.74) is 0.998. The van der Waals surface area contributed by atoms with Crippen LogP contribution in [0.25, 0.3) is 4.85 Å². The van der Waals surface area contributed by atoms with E-state index in [2.05, 4.69) is 10.2 Å². The Kier molecular flexibility index (Phi) is 2.50. The van der Waals surface area contributed by atoms with Crippen LogP contribution in [-0.2, 0) is 0 Å². The van der Waals surface area contributed by atoms with Gasteiger partial charge >= 0.3 is 0 Å². The van der Waals surface area contributed by atoms with E-state index < -0.39 is 0 Å². The Morgan fingerprint density at radius 2 is 2.18 bits per heavy atom. The van der Waals surface area contributed by atoms with Crippen LogP contribution in [0, 0.1) is 12.0 Å². The number of hydrogen-bond acceptors (Lipinski definition) is 2. The molecule has 1 heterocycles. The van der Waals surface area contributed by atoms with Crippen molar-refractivity contribution in [2.75, 3.05) is 13.1 Å². The highest BCUT2D eigenvalue weighted by Crippen LogP contribution is 2.46. The van der Waals surface area contributed by atoms with Gasteiger partial charge in [0.15, 0.2) is 0 Å². The monoisotopic (exact) mass is 248 g/mol. The molecule has 4 heteroatoms. The maximum absolute atomic E-state index is 6.92. The topological polar surface area (TPSA) is 25.6 Å². The van der Waals surface area contributed by atoms with Crippen molar-refractivity contribution in [3.8, 4) is 5.75 Å². The van der Waals surface area contributed by atoms with Crippen LogP contribution in [-0.4, -0.2) is 19.2 Å². The summed E-state index contributed by atoms with van der Waals surface area (Å²) in [4.78, 5) is 3.32. The Hall–Kier alpha value is -1.24. The van der Waals surface area contributed by atoms with Gasteiger partial charge in [0, 0.05) is 18.5 Å². The molecule has 1 N–H and O–H groups in total. The fourth-order valence-electron chi connectivity index (χ4n) is 2.60. The highest BCUT2D eigenvalue weighted by atomic mass is 35.5. The first-order valence-electron chi connectivity index (χ1n) is 5.75. The lowest BCUT2D eigenvalue weighted by atomic mass is 9.63. The minimum Gasteiger partial charge on any atom is -0.490 e. The molecular formula is C13H13ClN2O. The first kappa shape index (κ1) is 10.9. The molecule has 1 aromatic carbocycles. The predicted octanol–water partition coefficient (Wildman–Crippen LogP) is 3.02. The molecule has 0 amide bonds. The van der Waals surface area contributed by atoms with Crippen molar-refractivity contribution in [3.63, 3.8) is 0 Å². The smallest absolute Gasteiger partial charge is 0.205 e. The van der Waals surface area contributed by atoms with Crippen molar-refractivity contribution in [2.45, 2.75) is 18.9 Å². The van der Waals surface area contributed by atoms with Gasteiger partial charge in [-0.05, 0) is 25.0 Å². The lowest BCUT2D eigenvalue weighted by Gasteiger charge is -2.53. The Morgan fingerprint density at radius 3 is 2.71 bits per heavy atom. The summed E-state index contributed by atoms with van der Waals surface area (Å²) in [5.74, 6) is 0.773. The number of hydrogen-bond donors (Lipinski definition) is 1. The van der Waals surface area contributed by atoms with Crippen molar-refractivity contribution in [2.24, 2.45) is 5.41 Å². The maximum atomic E-state index is 6.92. The Bertz CT molecular complexity index is 483. The first-order chi connectivity index (χ1) is 8.21. The average Bonchev–Trinajstić information content (AvgIpc) is 2.20. The van der Waals surface area contributed by atoms with Gasteiger partial charge in [0.25, 0.3) is 0 Å². The fraction of sp³-hybridized carbons (Fsp3) is 0.462. The highest BCUT2D eigenvalue weighted by Gasteiger charge is 2.49. The fourth-order valence-corrected chi connectivity index (χ4v) is 2.81. The molecule has 1 aromatic rings. The van der Waals surface area contributed by atoms with Crippen LogP contribution in [0.2, 0.25) is 5.02 Å². The molecule has 0 unspecified atom stereocenters. The van der Waals surface area contributed by atoms with Crippen LogP contribution >= 0.6 is 11.6 Å². The van der Waals surface area contributed by atoms with Gasteiger partial charge in [0.05, 0.1) is 17.7 Å². The molecule has 0 aromatic heterocycles. The van der Waals surface area contributed by atoms with E-state index in [0.29, 0.717) is 22.2 Å². The molecule has 1 saturated carbocycles. The standard InChI is InChI=1S/C13H13ClN2O/c1-15-12-3-2-9(4-11(12)14)17-10-5-13(6-10)7-16-8-13/h2-4,10,16H,5-8H2. The molecule has 3 rings (SSSR count). The third-order valence-electron chi connectivity index (χ3n) is 3.66. The average molecular weight is 249 g/mol. The summed E-state index contributed by atoms with van der Waals surface area (Å²) >= 11 is 5.96. The summed E-state index contributed by atoms with van der Waals surface area (Å²) in [6, 6.07) is 5.27. The predicted molar refractivity (Wildman–Crippen MR) is 66.7 cm³/mol. The number of nitrogens with zero attached hydrogens (tertiary/aromatic N) is 1. The normalized spacial score (nSPS) is 21.4. The highest BCUT2D eigenvalue weighted by molar-refractivity contribution is 6.33. The summed E-state index contributed by atoms with van der Waals surface area (Å²) in [6.45, 7) is 9.18. The SMILES string of the molecule is [C-]#[N+]c1ccc(OC2CC3(CNC3)C2)cc1Cl. The zero-order chi connectivity index (χ0) is 11.9. The molecule has 0 atom stereocenters. The summed E-state index contributed by atoms with van der Waals surface area (Å²) in [6.07, 6.45) is 2.57. The molecule has 0 radical (unpaired) electrons. The quantitative estimate of drug-likeness (QED) is 0.814. The molecule has 1 saturated heterocycles. The van der Waals surface area contributed by atoms with E-state index in [0.717, 1.165) is 31.7 Å². The van der Waals surface area contributed by atoms with E-state index in [9.17, 15) is 0 Å². The van der Waals surface area contributed by atoms with E-state index >= 15 is 0 Å². The molecule has 3 nitrogen and oxygen atoms in total. The van der Waals surface area contributed by atoms with Gasteiger partial charge < -0.3 is 10.1 Å². The summed E-state index contributed by atoms with van der Waals surface area (Å²) in [7, 11) is 0. The minimum absolute atomic E-state index is 0.312. The molecule has 2 aliphatic rings.